The van der Waals surface area contributed by atoms with Gasteiger partial charge < -0.3 is 60.0 Å². The number of likely N-dealkylation sites (N-methyl/N-ethyl adjacent to an activating group) is 7. The standard InChI is InChI=1S/C70H112ClF5N12O12/c1-12-44(4)60-67(99)82(7)41-58(91)80(5)42-59(92)84(9)53(38-45-22-15-13-16-23-45)64(96)81(6)40-56(89)77-49(28-26-46-25-27-47(48(71)37-46)70(74,75)76)63(95)88-35-21-24-50(88)62(94)79-69(31-17-18-32-69)68(100)86(11)51(29-30-55(72)73)65(97)85(10)54(66(98)87-33-19-14-20-34-87)39-57(90)83(8)52(36-43(2)3)61(93)78-60/h43-55,60H,12-42H2,1-11H3,(H,77,89)(H,78,93)(H,79,94)/t44-,46?,47?,48?,49-,50-,51-,52-,53-,54-,60-/m0/s1. The fourth-order valence-electron chi connectivity index (χ4n) is 15.5. The van der Waals surface area contributed by atoms with E-state index < -0.39 is 193 Å². The van der Waals surface area contributed by atoms with Crippen LogP contribution in [0.15, 0.2) is 0 Å². The molecule has 3 unspecified atom stereocenters. The third kappa shape index (κ3) is 21.6. The molecule has 0 aromatic rings. The maximum Gasteiger partial charge on any atom is 0.393 e. The van der Waals surface area contributed by atoms with Gasteiger partial charge in [-0.3, -0.25) is 57.5 Å². The lowest BCUT2D eigenvalue weighted by Crippen LogP contribution is -2.64. The van der Waals surface area contributed by atoms with Crippen LogP contribution in [-0.2, 0) is 57.5 Å². The van der Waals surface area contributed by atoms with Gasteiger partial charge in [-0.15, -0.1) is 11.6 Å². The molecule has 6 fully saturated rings. The van der Waals surface area contributed by atoms with Crippen molar-refractivity contribution in [2.24, 2.45) is 29.6 Å². The first-order valence-electron chi connectivity index (χ1n) is 36.3. The number of nitrogens with one attached hydrogen (secondary N) is 3. The molecule has 1 spiro atoms. The summed E-state index contributed by atoms with van der Waals surface area (Å²) in [5, 5.41) is 7.29. The Balaban J connectivity index is 1.42. The van der Waals surface area contributed by atoms with Crippen molar-refractivity contribution in [3.63, 3.8) is 0 Å². The molecular formula is C70H112ClF5N12O12. The summed E-state index contributed by atoms with van der Waals surface area (Å²) in [4.78, 5) is 188. The molecule has 100 heavy (non-hydrogen) atoms. The zero-order valence-electron chi connectivity index (χ0n) is 60.7. The van der Waals surface area contributed by atoms with Crippen LogP contribution in [0, 0.1) is 29.6 Å². The maximum atomic E-state index is 15.4. The van der Waals surface area contributed by atoms with Crippen molar-refractivity contribution in [1.29, 1.82) is 0 Å². The Morgan fingerprint density at radius 2 is 1.20 bits per heavy atom. The second-order valence-corrected chi connectivity index (χ2v) is 30.4. The molecule has 3 saturated carbocycles. The van der Waals surface area contributed by atoms with E-state index in [4.69, 9.17) is 11.6 Å². The number of carbonyl (C=O) groups excluding carboxylic acids is 12. The first kappa shape index (κ1) is 82.5. The minimum atomic E-state index is -4.54. The molecule has 0 aromatic heterocycles. The van der Waals surface area contributed by atoms with Gasteiger partial charge in [-0.1, -0.05) is 79.1 Å². The van der Waals surface area contributed by atoms with Crippen molar-refractivity contribution in [3.05, 3.63) is 0 Å². The van der Waals surface area contributed by atoms with Gasteiger partial charge in [0.1, 0.15) is 47.8 Å². The van der Waals surface area contributed by atoms with Crippen LogP contribution < -0.4 is 16.0 Å². The zero-order chi connectivity index (χ0) is 74.2. The van der Waals surface area contributed by atoms with E-state index in [2.05, 4.69) is 16.0 Å². The summed E-state index contributed by atoms with van der Waals surface area (Å²) < 4.78 is 70.8. The van der Waals surface area contributed by atoms with Crippen LogP contribution in [0.5, 0.6) is 0 Å². The monoisotopic (exact) mass is 1440 g/mol. The third-order valence-electron chi connectivity index (χ3n) is 22.1. The lowest BCUT2D eigenvalue weighted by atomic mass is 9.78. The number of alkyl halides is 6. The van der Waals surface area contributed by atoms with E-state index in [1.165, 1.54) is 64.0 Å². The molecule has 3 aliphatic heterocycles. The molecule has 11 atom stereocenters. The van der Waals surface area contributed by atoms with Crippen LogP contribution in [0.4, 0.5) is 22.0 Å². The van der Waals surface area contributed by atoms with Crippen molar-refractivity contribution in [3.8, 4) is 0 Å². The van der Waals surface area contributed by atoms with Gasteiger partial charge in [0.25, 0.3) is 0 Å². The number of hydrogen-bond acceptors (Lipinski definition) is 12. The number of halogens is 6. The van der Waals surface area contributed by atoms with Crippen LogP contribution in [0.25, 0.3) is 0 Å². The molecule has 6 aliphatic rings. The zero-order valence-corrected chi connectivity index (χ0v) is 61.5. The number of piperidine rings is 1. The fourth-order valence-corrected chi connectivity index (χ4v) is 16.0. The Morgan fingerprint density at radius 3 is 1.80 bits per heavy atom. The smallest absolute Gasteiger partial charge is 0.343 e. The van der Waals surface area contributed by atoms with Gasteiger partial charge in [0, 0.05) is 80.8 Å². The Hall–Kier alpha value is -6.42. The van der Waals surface area contributed by atoms with Crippen molar-refractivity contribution in [2.45, 2.75) is 254 Å². The van der Waals surface area contributed by atoms with Gasteiger partial charge in [0.2, 0.25) is 77.3 Å². The van der Waals surface area contributed by atoms with E-state index >= 15 is 19.2 Å². The molecule has 0 bridgehead atoms. The van der Waals surface area contributed by atoms with Gasteiger partial charge in [-0.2, -0.15) is 13.2 Å². The molecular weight excluding hydrogens is 1330 g/mol. The molecule has 566 valence electrons. The van der Waals surface area contributed by atoms with Crippen LogP contribution >= 0.6 is 11.6 Å². The average Bonchev–Trinajstić information content (AvgIpc) is 1.48. The lowest BCUT2D eigenvalue weighted by molar-refractivity contribution is -0.182. The number of nitrogens with zero attached hydrogens (tertiary/aromatic N) is 9. The number of rotatable bonds is 13. The summed E-state index contributed by atoms with van der Waals surface area (Å²) in [6.07, 6.45) is -1.71. The average molecular weight is 1440 g/mol. The summed E-state index contributed by atoms with van der Waals surface area (Å²) in [5.41, 5.74) is -1.75. The minimum Gasteiger partial charge on any atom is -0.343 e. The fraction of sp³-hybridized carbons (Fsp3) is 0.829. The topological polar surface area (TPSA) is 270 Å². The van der Waals surface area contributed by atoms with Gasteiger partial charge >= 0.3 is 6.18 Å². The largest absolute Gasteiger partial charge is 0.393 e. The van der Waals surface area contributed by atoms with Gasteiger partial charge in [-0.25, -0.2) is 8.78 Å². The first-order chi connectivity index (χ1) is 47.0. The molecule has 3 saturated heterocycles. The predicted octanol–water partition coefficient (Wildman–Crippen LogP) is 5.95. The van der Waals surface area contributed by atoms with E-state index in [9.17, 15) is 60.3 Å². The molecule has 6 rings (SSSR count). The van der Waals surface area contributed by atoms with Gasteiger partial charge in [0.05, 0.1) is 32.0 Å². The number of amides is 12. The molecule has 0 radical (unpaired) electrons. The molecule has 24 nitrogen and oxygen atoms in total. The summed E-state index contributed by atoms with van der Waals surface area (Å²) in [6.45, 7) is 5.97. The van der Waals surface area contributed by atoms with Crippen molar-refractivity contribution in [2.75, 3.05) is 88.6 Å². The van der Waals surface area contributed by atoms with E-state index in [1.807, 2.05) is 13.8 Å². The van der Waals surface area contributed by atoms with Gasteiger partial charge in [-0.05, 0) is 120 Å². The van der Waals surface area contributed by atoms with E-state index in [0.717, 1.165) is 67.9 Å². The van der Waals surface area contributed by atoms with Crippen LogP contribution in [0.1, 0.15) is 188 Å². The van der Waals surface area contributed by atoms with Crippen molar-refractivity contribution >= 4 is 82.5 Å². The molecule has 3 heterocycles. The Bertz CT molecular complexity index is 2880. The van der Waals surface area contributed by atoms with Crippen LogP contribution in [0.3, 0.4) is 0 Å². The highest BCUT2D eigenvalue weighted by atomic mass is 35.5. The molecule has 3 N–H and O–H groups in total. The number of carbonyl (C=O) groups is 12. The number of likely N-dealkylation sites (tertiary alicyclic amines) is 1. The van der Waals surface area contributed by atoms with E-state index in [0.29, 0.717) is 32.1 Å². The van der Waals surface area contributed by atoms with Crippen molar-refractivity contribution in [1.82, 2.24) is 60.0 Å². The molecule has 0 aromatic carbocycles. The number of hydrogen-bond donors (Lipinski definition) is 3. The second-order valence-electron chi connectivity index (χ2n) is 29.9. The summed E-state index contributed by atoms with van der Waals surface area (Å²) in [7, 11) is 9.36. The highest BCUT2D eigenvalue weighted by Gasteiger charge is 2.51. The molecule has 30 heteroatoms. The first-order valence-corrected chi connectivity index (χ1v) is 36.7. The van der Waals surface area contributed by atoms with Crippen molar-refractivity contribution < 1.29 is 79.5 Å². The SMILES string of the molecule is CC[C@H](C)[C@@H]1NC(=O)[C@H](CC(C)C)N(C)C(=O)C[C@@H](C(=O)N2CCCCC2)N(C)C(=O)[C@H](CCC(F)F)N(C)C(=O)C2(CCCC2)NC(=O)[C@@H]2CCCN2C(=O)[C@H](CCC2CCC(C(F)(F)F)C(Cl)C2)NC(=O)CN(C)C(=O)[C@H](CC2CCCCC2)N(C)C(=O)CN(C)C(=O)CN(C)C1=O. The van der Waals surface area contributed by atoms with E-state index in [-0.39, 0.29) is 102 Å². The second kappa shape index (κ2) is 37.1. The minimum absolute atomic E-state index is 0.00176. The summed E-state index contributed by atoms with van der Waals surface area (Å²) in [6, 6.07) is -9.59. The lowest BCUT2D eigenvalue weighted by Gasteiger charge is -2.41. The van der Waals surface area contributed by atoms with Crippen LogP contribution in [-0.4, -0.2) is 269 Å². The van der Waals surface area contributed by atoms with E-state index in [1.54, 1.807) is 13.8 Å². The molecule has 3 aliphatic carbocycles. The maximum absolute atomic E-state index is 15.4. The highest BCUT2D eigenvalue weighted by molar-refractivity contribution is 6.21. The normalized spacial score (nSPS) is 29.1. The van der Waals surface area contributed by atoms with Crippen LogP contribution in [0.2, 0.25) is 0 Å². The highest BCUT2D eigenvalue weighted by Crippen LogP contribution is 2.44. The van der Waals surface area contributed by atoms with Gasteiger partial charge in [0.15, 0.2) is 0 Å². The predicted molar refractivity (Wildman–Crippen MR) is 363 cm³/mol. The summed E-state index contributed by atoms with van der Waals surface area (Å²) >= 11 is 6.37. The summed E-state index contributed by atoms with van der Waals surface area (Å²) in [5.74, 6) is -11.8. The Morgan fingerprint density at radius 1 is 0.590 bits per heavy atom. The Kier molecular flexibility index (Phi) is 30.7. The third-order valence-corrected chi connectivity index (χ3v) is 22.6. The molecule has 12 amide bonds. The number of fused-ring (bicyclic) bond motifs is 1. The quantitative estimate of drug-likeness (QED) is 0.143. The Labute approximate surface area is 591 Å².